The van der Waals surface area contributed by atoms with Gasteiger partial charge in [-0.25, -0.2) is 0 Å². The molecule has 2 atom stereocenters. The molecule has 2 unspecified atom stereocenters. The quantitative estimate of drug-likeness (QED) is 0.776. The van der Waals surface area contributed by atoms with Crippen LogP contribution in [0.15, 0.2) is 30.3 Å². The summed E-state index contributed by atoms with van der Waals surface area (Å²) in [6, 6.07) is 10.5. The molecule has 0 bridgehead atoms. The highest BCUT2D eigenvalue weighted by molar-refractivity contribution is 5.26. The molecule has 2 heteroatoms. The van der Waals surface area contributed by atoms with E-state index in [1.54, 1.807) is 7.11 Å². The fourth-order valence-electron chi connectivity index (χ4n) is 2.45. The van der Waals surface area contributed by atoms with E-state index < -0.39 is 0 Å². The summed E-state index contributed by atoms with van der Waals surface area (Å²) in [5.41, 5.74) is 7.11. The molecule has 1 aliphatic rings. The highest BCUT2D eigenvalue weighted by Crippen LogP contribution is 2.40. The minimum Gasteiger partial charge on any atom is -0.372 e. The number of methoxy groups -OCH3 is 1. The number of ether oxygens (including phenoxy) is 1. The monoisotopic (exact) mass is 191 g/mol. The zero-order chi connectivity index (χ0) is 10.0. The zero-order valence-corrected chi connectivity index (χ0v) is 8.57. The number of rotatable bonds is 2. The van der Waals surface area contributed by atoms with E-state index in [1.807, 2.05) is 18.2 Å². The van der Waals surface area contributed by atoms with Crippen molar-refractivity contribution >= 4 is 0 Å². The molecule has 1 fully saturated rings. The molecule has 2 rings (SSSR count). The second-order valence-electron chi connectivity index (χ2n) is 3.96. The van der Waals surface area contributed by atoms with Crippen molar-refractivity contribution in [2.24, 2.45) is 5.73 Å². The minimum atomic E-state index is -0.235. The van der Waals surface area contributed by atoms with E-state index in [0.717, 1.165) is 19.3 Å². The summed E-state index contributed by atoms with van der Waals surface area (Å²) in [5, 5.41) is 0. The van der Waals surface area contributed by atoms with E-state index in [-0.39, 0.29) is 11.6 Å². The van der Waals surface area contributed by atoms with Gasteiger partial charge in [-0.3, -0.25) is 0 Å². The Hall–Kier alpha value is -0.860. The van der Waals surface area contributed by atoms with E-state index in [1.165, 1.54) is 5.56 Å². The van der Waals surface area contributed by atoms with Gasteiger partial charge in [-0.2, -0.15) is 0 Å². The van der Waals surface area contributed by atoms with Crippen molar-refractivity contribution in [1.82, 2.24) is 0 Å². The van der Waals surface area contributed by atoms with Crippen molar-refractivity contribution in [2.45, 2.75) is 30.9 Å². The lowest BCUT2D eigenvalue weighted by atomic mass is 9.89. The standard InChI is InChI=1S/C12H17NO/c1-14-12(9-5-8-11(12)13)10-6-3-2-4-7-10/h2-4,6-7,11H,5,8-9,13H2,1H3. The maximum atomic E-state index is 6.13. The highest BCUT2D eigenvalue weighted by Gasteiger charge is 2.42. The van der Waals surface area contributed by atoms with Gasteiger partial charge in [-0.1, -0.05) is 30.3 Å². The van der Waals surface area contributed by atoms with Gasteiger partial charge in [-0.05, 0) is 24.8 Å². The van der Waals surface area contributed by atoms with Crippen LogP contribution in [0, 0.1) is 0 Å². The van der Waals surface area contributed by atoms with Crippen LogP contribution < -0.4 is 5.73 Å². The van der Waals surface area contributed by atoms with E-state index in [4.69, 9.17) is 10.5 Å². The lowest BCUT2D eigenvalue weighted by Gasteiger charge is -2.32. The van der Waals surface area contributed by atoms with Gasteiger partial charge in [0.15, 0.2) is 0 Å². The molecule has 14 heavy (non-hydrogen) atoms. The maximum absolute atomic E-state index is 6.13. The maximum Gasteiger partial charge on any atom is 0.108 e. The van der Waals surface area contributed by atoms with Crippen LogP contribution in [0.3, 0.4) is 0 Å². The smallest absolute Gasteiger partial charge is 0.108 e. The normalized spacial score (nSPS) is 32.0. The lowest BCUT2D eigenvalue weighted by Crippen LogP contribution is -2.42. The number of hydrogen-bond donors (Lipinski definition) is 1. The third kappa shape index (κ3) is 1.35. The first-order valence-corrected chi connectivity index (χ1v) is 5.16. The molecule has 2 nitrogen and oxygen atoms in total. The molecular formula is C12H17NO. The Morgan fingerprint density at radius 1 is 1.36 bits per heavy atom. The SMILES string of the molecule is COC1(c2ccccc2)CCCC1N. The molecule has 76 valence electrons. The van der Waals surface area contributed by atoms with Gasteiger partial charge < -0.3 is 10.5 Å². The molecule has 0 saturated heterocycles. The predicted octanol–water partition coefficient (Wildman–Crippen LogP) is 2.04. The Bertz CT molecular complexity index is 298. The van der Waals surface area contributed by atoms with Crippen LogP contribution in [0.5, 0.6) is 0 Å². The largest absolute Gasteiger partial charge is 0.372 e. The molecule has 0 amide bonds. The summed E-state index contributed by atoms with van der Waals surface area (Å²) in [6.45, 7) is 0. The van der Waals surface area contributed by atoms with Crippen molar-refractivity contribution in [3.8, 4) is 0 Å². The molecule has 0 spiro atoms. The molecule has 0 radical (unpaired) electrons. The second-order valence-corrected chi connectivity index (χ2v) is 3.96. The summed E-state index contributed by atoms with van der Waals surface area (Å²) in [5.74, 6) is 0. The Morgan fingerprint density at radius 2 is 2.07 bits per heavy atom. The summed E-state index contributed by atoms with van der Waals surface area (Å²) in [6.07, 6.45) is 3.25. The summed E-state index contributed by atoms with van der Waals surface area (Å²) < 4.78 is 5.67. The van der Waals surface area contributed by atoms with Gasteiger partial charge in [0.1, 0.15) is 5.60 Å². The third-order valence-corrected chi connectivity index (χ3v) is 3.29. The van der Waals surface area contributed by atoms with E-state index in [9.17, 15) is 0 Å². The fourth-order valence-corrected chi connectivity index (χ4v) is 2.45. The van der Waals surface area contributed by atoms with Crippen LogP contribution in [0.25, 0.3) is 0 Å². The second kappa shape index (κ2) is 3.71. The van der Waals surface area contributed by atoms with Gasteiger partial charge in [0.2, 0.25) is 0 Å². The zero-order valence-electron chi connectivity index (χ0n) is 8.57. The van der Waals surface area contributed by atoms with Crippen molar-refractivity contribution in [1.29, 1.82) is 0 Å². The van der Waals surface area contributed by atoms with Crippen LogP contribution in [0.1, 0.15) is 24.8 Å². The molecule has 1 aliphatic carbocycles. The fraction of sp³-hybridized carbons (Fsp3) is 0.500. The summed E-state index contributed by atoms with van der Waals surface area (Å²) >= 11 is 0. The molecule has 1 saturated carbocycles. The Morgan fingerprint density at radius 3 is 2.57 bits per heavy atom. The van der Waals surface area contributed by atoms with Gasteiger partial charge >= 0.3 is 0 Å². The molecule has 2 N–H and O–H groups in total. The Kier molecular flexibility index (Phi) is 2.57. The minimum absolute atomic E-state index is 0.134. The van der Waals surface area contributed by atoms with E-state index >= 15 is 0 Å². The first-order valence-electron chi connectivity index (χ1n) is 5.16. The molecule has 0 heterocycles. The van der Waals surface area contributed by atoms with Crippen LogP contribution in [0.4, 0.5) is 0 Å². The van der Waals surface area contributed by atoms with Crippen molar-refractivity contribution in [2.75, 3.05) is 7.11 Å². The van der Waals surface area contributed by atoms with Gasteiger partial charge in [-0.15, -0.1) is 0 Å². The molecule has 1 aromatic rings. The van der Waals surface area contributed by atoms with Crippen molar-refractivity contribution < 1.29 is 4.74 Å². The summed E-state index contributed by atoms with van der Waals surface area (Å²) in [7, 11) is 1.76. The van der Waals surface area contributed by atoms with Crippen LogP contribution >= 0.6 is 0 Å². The van der Waals surface area contributed by atoms with E-state index in [0.29, 0.717) is 0 Å². The van der Waals surface area contributed by atoms with Crippen molar-refractivity contribution in [3.63, 3.8) is 0 Å². The van der Waals surface area contributed by atoms with Gasteiger partial charge in [0.05, 0.1) is 0 Å². The molecule has 0 aliphatic heterocycles. The molecule has 0 aromatic heterocycles. The van der Waals surface area contributed by atoms with Crippen LogP contribution in [-0.4, -0.2) is 13.2 Å². The van der Waals surface area contributed by atoms with Crippen molar-refractivity contribution in [3.05, 3.63) is 35.9 Å². The predicted molar refractivity (Wildman–Crippen MR) is 57.0 cm³/mol. The number of hydrogen-bond acceptors (Lipinski definition) is 2. The molecular weight excluding hydrogens is 174 g/mol. The first kappa shape index (κ1) is 9.69. The van der Waals surface area contributed by atoms with Gasteiger partial charge in [0.25, 0.3) is 0 Å². The highest BCUT2D eigenvalue weighted by atomic mass is 16.5. The number of nitrogens with two attached hydrogens (primary N) is 1. The molecule has 1 aromatic carbocycles. The number of benzene rings is 1. The average molecular weight is 191 g/mol. The first-order chi connectivity index (χ1) is 6.79. The Labute approximate surface area is 85.1 Å². The van der Waals surface area contributed by atoms with E-state index in [2.05, 4.69) is 12.1 Å². The average Bonchev–Trinajstić information content (AvgIpc) is 2.62. The summed E-state index contributed by atoms with van der Waals surface area (Å²) in [4.78, 5) is 0. The van der Waals surface area contributed by atoms with Crippen LogP contribution in [0.2, 0.25) is 0 Å². The lowest BCUT2D eigenvalue weighted by molar-refractivity contribution is -0.0216. The van der Waals surface area contributed by atoms with Crippen LogP contribution in [-0.2, 0) is 10.3 Å². The van der Waals surface area contributed by atoms with Gasteiger partial charge in [0, 0.05) is 13.2 Å². The third-order valence-electron chi connectivity index (χ3n) is 3.29. The topological polar surface area (TPSA) is 35.2 Å². The Balaban J connectivity index is 2.38.